The van der Waals surface area contributed by atoms with Crippen LogP contribution in [0.25, 0.3) is 28.2 Å². The van der Waals surface area contributed by atoms with Crippen molar-refractivity contribution in [2.24, 2.45) is 5.41 Å². The van der Waals surface area contributed by atoms with E-state index in [0.29, 0.717) is 39.6 Å². The summed E-state index contributed by atoms with van der Waals surface area (Å²) >= 11 is 12.9. The van der Waals surface area contributed by atoms with Gasteiger partial charge in [-0.2, -0.15) is 8.78 Å². The number of halogens is 4. The third kappa shape index (κ3) is 5.84. The molecule has 0 spiro atoms. The number of aromatic carboxylic acids is 1. The summed E-state index contributed by atoms with van der Waals surface area (Å²) in [5, 5.41) is 14.7. The molecule has 234 valence electrons. The first-order valence-corrected chi connectivity index (χ1v) is 15.3. The van der Waals surface area contributed by atoms with Crippen molar-refractivity contribution in [2.75, 3.05) is 13.2 Å². The van der Waals surface area contributed by atoms with Crippen molar-refractivity contribution in [3.63, 3.8) is 0 Å². The maximum atomic E-state index is 13.1. The van der Waals surface area contributed by atoms with Gasteiger partial charge in [-0.05, 0) is 56.7 Å². The lowest BCUT2D eigenvalue weighted by Gasteiger charge is -2.51. The molecule has 0 atom stereocenters. The fourth-order valence-electron chi connectivity index (χ4n) is 6.16. The SMILES string of the molecule is O=C(O)c1cc(OC(F)F)c2cc(OCC34CCC(/C=C/c5c(-c6c(Cl)cncc6Cl)noc5C5CC5)(CC3)CO4)ccc2n1. The molecule has 2 saturated heterocycles. The van der Waals surface area contributed by atoms with Crippen LogP contribution in [0, 0.1) is 5.41 Å². The molecule has 8 rings (SSSR count). The van der Waals surface area contributed by atoms with Crippen LogP contribution >= 0.6 is 23.2 Å². The minimum absolute atomic E-state index is 0.166. The van der Waals surface area contributed by atoms with E-state index in [-0.39, 0.29) is 28.7 Å². The normalized spacial score (nSPS) is 22.9. The zero-order valence-corrected chi connectivity index (χ0v) is 25.3. The van der Waals surface area contributed by atoms with E-state index in [9.17, 15) is 18.7 Å². The summed E-state index contributed by atoms with van der Waals surface area (Å²) in [4.78, 5) is 19.5. The van der Waals surface area contributed by atoms with Crippen LogP contribution in [0.15, 0.2) is 47.3 Å². The first kappa shape index (κ1) is 29.9. The minimum atomic E-state index is -3.13. The summed E-state index contributed by atoms with van der Waals surface area (Å²) in [6.45, 7) is -2.35. The highest BCUT2D eigenvalue weighted by Crippen LogP contribution is 2.51. The van der Waals surface area contributed by atoms with E-state index < -0.39 is 23.9 Å². The molecule has 1 N–H and O–H groups in total. The molecule has 0 radical (unpaired) electrons. The number of hydrogen-bond acceptors (Lipinski definition) is 8. The van der Waals surface area contributed by atoms with Gasteiger partial charge in [0.15, 0.2) is 5.69 Å². The molecular formula is C32H27Cl2F2N3O6. The average Bonchev–Trinajstić information content (AvgIpc) is 3.79. The fourth-order valence-corrected chi connectivity index (χ4v) is 6.70. The van der Waals surface area contributed by atoms with Crippen LogP contribution in [-0.2, 0) is 4.74 Å². The molecule has 1 aromatic carbocycles. The Balaban J connectivity index is 1.07. The molecule has 13 heteroatoms. The first-order valence-electron chi connectivity index (χ1n) is 14.5. The van der Waals surface area contributed by atoms with E-state index in [1.807, 2.05) is 0 Å². The predicted molar refractivity (Wildman–Crippen MR) is 161 cm³/mol. The quantitative estimate of drug-likeness (QED) is 0.180. The van der Waals surface area contributed by atoms with Crippen molar-refractivity contribution in [1.29, 1.82) is 0 Å². The molecule has 0 amide bonds. The van der Waals surface area contributed by atoms with Gasteiger partial charge in [0, 0.05) is 46.3 Å². The highest BCUT2D eigenvalue weighted by atomic mass is 35.5. The highest BCUT2D eigenvalue weighted by molar-refractivity contribution is 6.39. The van der Waals surface area contributed by atoms with Gasteiger partial charge >= 0.3 is 12.6 Å². The maximum Gasteiger partial charge on any atom is 0.387 e. The summed E-state index contributed by atoms with van der Waals surface area (Å²) in [7, 11) is 0. The number of carboxylic acid groups (broad SMARTS) is 1. The number of carbonyl (C=O) groups is 1. The second-order valence-corrected chi connectivity index (χ2v) is 12.7. The van der Waals surface area contributed by atoms with Crippen LogP contribution in [0.3, 0.4) is 0 Å². The molecule has 9 nitrogen and oxygen atoms in total. The molecule has 4 fully saturated rings. The number of alkyl halides is 2. The molecule has 4 aliphatic rings. The van der Waals surface area contributed by atoms with Crippen LogP contribution in [0.5, 0.6) is 11.5 Å². The van der Waals surface area contributed by atoms with Gasteiger partial charge in [0.05, 0.1) is 22.2 Å². The number of carboxylic acids is 1. The predicted octanol–water partition coefficient (Wildman–Crippen LogP) is 8.19. The molecule has 4 aromatic rings. The Hall–Kier alpha value is -3.80. The van der Waals surface area contributed by atoms with Crippen molar-refractivity contribution >= 4 is 46.2 Å². The topological polar surface area (TPSA) is 117 Å². The van der Waals surface area contributed by atoms with Crippen molar-refractivity contribution < 1.29 is 37.4 Å². The van der Waals surface area contributed by atoms with Gasteiger partial charge in [-0.15, -0.1) is 0 Å². The monoisotopic (exact) mass is 657 g/mol. The first-order chi connectivity index (χ1) is 21.6. The van der Waals surface area contributed by atoms with Gasteiger partial charge in [-0.3, -0.25) is 4.98 Å². The van der Waals surface area contributed by atoms with Gasteiger partial charge in [0.2, 0.25) is 0 Å². The van der Waals surface area contributed by atoms with E-state index >= 15 is 0 Å². The number of fused-ring (bicyclic) bond motifs is 4. The molecule has 0 unspecified atom stereocenters. The number of ether oxygens (including phenoxy) is 3. The van der Waals surface area contributed by atoms with Crippen LogP contribution < -0.4 is 9.47 Å². The number of rotatable bonds is 10. The van der Waals surface area contributed by atoms with Gasteiger partial charge in [0.1, 0.15) is 35.2 Å². The number of benzene rings is 1. The molecule has 5 heterocycles. The molecule has 2 saturated carbocycles. The zero-order chi connectivity index (χ0) is 31.3. The number of nitrogens with zero attached hydrogens (tertiary/aromatic N) is 3. The van der Waals surface area contributed by atoms with E-state index in [4.69, 9.17) is 37.2 Å². The van der Waals surface area contributed by atoms with Crippen molar-refractivity contribution in [3.05, 3.63) is 69.8 Å². The maximum absolute atomic E-state index is 13.1. The van der Waals surface area contributed by atoms with Crippen LogP contribution in [-0.4, -0.2) is 51.6 Å². The molecule has 3 aromatic heterocycles. The van der Waals surface area contributed by atoms with E-state index in [1.54, 1.807) is 18.5 Å². The summed E-state index contributed by atoms with van der Waals surface area (Å²) in [6, 6.07) is 5.65. The van der Waals surface area contributed by atoms with Crippen LogP contribution in [0.2, 0.25) is 10.0 Å². The lowest BCUT2D eigenvalue weighted by Crippen LogP contribution is -2.53. The lowest BCUT2D eigenvalue weighted by atomic mass is 9.66. The van der Waals surface area contributed by atoms with E-state index in [0.717, 1.165) is 55.9 Å². The Labute approximate surface area is 266 Å². The number of aromatic nitrogens is 3. The Kier molecular flexibility index (Phi) is 7.66. The fraction of sp³-hybridized carbons (Fsp3) is 0.375. The molecule has 2 aliphatic heterocycles. The van der Waals surface area contributed by atoms with E-state index in [2.05, 4.69) is 32.0 Å². The lowest BCUT2D eigenvalue weighted by molar-refractivity contribution is -0.181. The summed E-state index contributed by atoms with van der Waals surface area (Å²) in [5.41, 5.74) is 1.23. The molecule has 2 bridgehead atoms. The smallest absolute Gasteiger partial charge is 0.387 e. The molecular weight excluding hydrogens is 631 g/mol. The summed E-state index contributed by atoms with van der Waals surface area (Å²) < 4.78 is 49.1. The van der Waals surface area contributed by atoms with Crippen molar-refractivity contribution in [2.45, 2.75) is 56.7 Å². The van der Waals surface area contributed by atoms with Gasteiger partial charge in [-0.25, -0.2) is 9.78 Å². The standard InChI is InChI=1S/C32H27Cl2F2N3O6/c33-21-13-37-14-22(34)26(21)27-19(28(45-39-27)17-1-2-17)5-6-31-7-9-32(10-8-31,43-15-31)16-42-18-3-4-23-20(11-18)25(44-30(35)36)12-24(38-23)29(40)41/h3-6,11-14,17,30H,1-2,7-10,15-16H2,(H,40,41)/b6-5+. The summed E-state index contributed by atoms with van der Waals surface area (Å²) in [6.07, 6.45) is 12.7. The van der Waals surface area contributed by atoms with Crippen LogP contribution in [0.1, 0.15) is 66.3 Å². The van der Waals surface area contributed by atoms with Gasteiger partial charge in [0.25, 0.3) is 0 Å². The number of hydrogen-bond donors (Lipinski definition) is 1. The second-order valence-electron chi connectivity index (χ2n) is 11.9. The van der Waals surface area contributed by atoms with Crippen LogP contribution in [0.4, 0.5) is 8.78 Å². The summed E-state index contributed by atoms with van der Waals surface area (Å²) in [5.74, 6) is -0.0597. The Morgan fingerprint density at radius 1 is 1.13 bits per heavy atom. The Bertz CT molecular complexity index is 1780. The van der Waals surface area contributed by atoms with E-state index in [1.165, 1.54) is 12.1 Å². The third-order valence-corrected chi connectivity index (χ3v) is 9.47. The highest BCUT2D eigenvalue weighted by Gasteiger charge is 2.49. The van der Waals surface area contributed by atoms with Crippen molar-refractivity contribution in [1.82, 2.24) is 15.1 Å². The minimum Gasteiger partial charge on any atom is -0.491 e. The molecule has 2 aliphatic carbocycles. The number of pyridine rings is 2. The largest absolute Gasteiger partial charge is 0.491 e. The second kappa shape index (κ2) is 11.5. The Morgan fingerprint density at radius 2 is 1.89 bits per heavy atom. The molecule has 45 heavy (non-hydrogen) atoms. The van der Waals surface area contributed by atoms with Gasteiger partial charge in [-0.1, -0.05) is 40.5 Å². The average molecular weight is 658 g/mol. The van der Waals surface area contributed by atoms with Gasteiger partial charge < -0.3 is 23.8 Å². The van der Waals surface area contributed by atoms with Crippen molar-refractivity contribution in [3.8, 4) is 22.8 Å². The zero-order valence-electron chi connectivity index (χ0n) is 23.8. The Morgan fingerprint density at radius 3 is 2.53 bits per heavy atom. The third-order valence-electron chi connectivity index (χ3n) is 8.90.